The highest BCUT2D eigenvalue weighted by Crippen LogP contribution is 2.37. The van der Waals surface area contributed by atoms with Crippen LogP contribution in [0.4, 0.5) is 0 Å². The first-order valence-corrected chi connectivity index (χ1v) is 11.6. The van der Waals surface area contributed by atoms with Gasteiger partial charge in [-0.2, -0.15) is 0 Å². The Balaban J connectivity index is 2.61. The second-order valence-electron chi connectivity index (χ2n) is 8.79. The lowest BCUT2D eigenvalue weighted by Crippen LogP contribution is -2.39. The molecule has 4 nitrogen and oxygen atoms in total. The van der Waals surface area contributed by atoms with Gasteiger partial charge in [-0.05, 0) is 41.4 Å². The first-order chi connectivity index (χ1) is 13.1. The molecule has 0 amide bonds. The van der Waals surface area contributed by atoms with Gasteiger partial charge in [0.05, 0.1) is 24.0 Å². The second-order valence-corrected chi connectivity index (χ2v) is 10.3. The predicted octanol–water partition coefficient (Wildman–Crippen LogP) is 5.13. The highest BCUT2D eigenvalue weighted by molar-refractivity contribution is 7.86. The van der Waals surface area contributed by atoms with Crippen molar-refractivity contribution in [2.75, 3.05) is 13.2 Å². The summed E-state index contributed by atoms with van der Waals surface area (Å²) in [6, 6.07) is 4.36. The van der Waals surface area contributed by atoms with Crippen LogP contribution in [0, 0.1) is 5.92 Å². The molecule has 3 unspecified atom stereocenters. The van der Waals surface area contributed by atoms with Crippen LogP contribution < -0.4 is 0 Å². The SMILES string of the molecule is CC(=O)C(C(C)C1OCCO1)S(=O)c1c(C(C)C)cc(C(C)C)cc1C(C)C. The Labute approximate surface area is 172 Å². The molecule has 3 atom stereocenters. The van der Waals surface area contributed by atoms with E-state index in [1.165, 1.54) is 12.5 Å². The van der Waals surface area contributed by atoms with Crippen LogP contribution in [-0.2, 0) is 25.1 Å². The average Bonchev–Trinajstić information content (AvgIpc) is 3.14. The van der Waals surface area contributed by atoms with Gasteiger partial charge in [-0.3, -0.25) is 9.00 Å². The minimum absolute atomic E-state index is 0.0812. The fraction of sp³-hybridized carbons (Fsp3) is 0.696. The second kappa shape index (κ2) is 9.64. The van der Waals surface area contributed by atoms with Crippen molar-refractivity contribution in [3.8, 4) is 0 Å². The Bertz CT molecular complexity index is 688. The van der Waals surface area contributed by atoms with Gasteiger partial charge in [0.15, 0.2) is 6.29 Å². The molecule has 0 saturated carbocycles. The summed E-state index contributed by atoms with van der Waals surface area (Å²) in [4.78, 5) is 13.4. The lowest BCUT2D eigenvalue weighted by molar-refractivity contribution is -0.122. The normalized spacial score (nSPS) is 18.8. The number of benzene rings is 1. The van der Waals surface area contributed by atoms with Gasteiger partial charge < -0.3 is 9.47 Å². The minimum Gasteiger partial charge on any atom is -0.350 e. The van der Waals surface area contributed by atoms with Crippen molar-refractivity contribution in [2.45, 2.75) is 89.6 Å². The molecule has 158 valence electrons. The number of Topliss-reactive ketones (excluding diaryl/α,β-unsaturated/α-hetero) is 1. The molecule has 1 fully saturated rings. The third-order valence-corrected chi connectivity index (χ3v) is 7.56. The Kier molecular flexibility index (Phi) is 8.00. The summed E-state index contributed by atoms with van der Waals surface area (Å²) in [5.41, 5.74) is 3.42. The zero-order valence-electron chi connectivity index (χ0n) is 18.6. The van der Waals surface area contributed by atoms with E-state index in [9.17, 15) is 9.00 Å². The molecule has 1 saturated heterocycles. The van der Waals surface area contributed by atoms with Crippen LogP contribution in [0.15, 0.2) is 17.0 Å². The van der Waals surface area contributed by atoms with E-state index in [1.54, 1.807) is 0 Å². The predicted molar refractivity (Wildman–Crippen MR) is 114 cm³/mol. The van der Waals surface area contributed by atoms with Gasteiger partial charge in [0.1, 0.15) is 11.0 Å². The zero-order chi connectivity index (χ0) is 21.2. The number of ketones is 1. The van der Waals surface area contributed by atoms with Crippen LogP contribution in [0.5, 0.6) is 0 Å². The maximum atomic E-state index is 13.9. The van der Waals surface area contributed by atoms with E-state index in [2.05, 4.69) is 53.7 Å². The third kappa shape index (κ3) is 4.92. The Morgan fingerprint density at radius 1 is 0.929 bits per heavy atom. The fourth-order valence-corrected chi connectivity index (χ4v) is 5.92. The van der Waals surface area contributed by atoms with Crippen LogP contribution in [0.3, 0.4) is 0 Å². The minimum atomic E-state index is -1.47. The van der Waals surface area contributed by atoms with Crippen molar-refractivity contribution in [1.82, 2.24) is 0 Å². The van der Waals surface area contributed by atoms with Gasteiger partial charge >= 0.3 is 0 Å². The summed E-state index contributed by atoms with van der Waals surface area (Å²) >= 11 is 0. The molecule has 28 heavy (non-hydrogen) atoms. The number of carbonyl (C=O) groups is 1. The zero-order valence-corrected chi connectivity index (χ0v) is 19.4. The van der Waals surface area contributed by atoms with Crippen LogP contribution in [-0.4, -0.2) is 34.7 Å². The van der Waals surface area contributed by atoms with Crippen molar-refractivity contribution in [3.05, 3.63) is 28.8 Å². The quantitative estimate of drug-likeness (QED) is 0.598. The molecule has 0 aliphatic carbocycles. The molecule has 1 aromatic carbocycles. The Morgan fingerprint density at radius 3 is 1.75 bits per heavy atom. The van der Waals surface area contributed by atoms with E-state index in [-0.39, 0.29) is 23.5 Å². The Hall–Kier alpha value is -1.04. The van der Waals surface area contributed by atoms with Gasteiger partial charge in [0.2, 0.25) is 0 Å². The smallest absolute Gasteiger partial charge is 0.161 e. The standard InChI is InChI=1S/C23H36O4S/c1-13(2)18-11-19(14(3)4)22(20(12-18)15(5)6)28(25)21(17(8)24)16(7)23-26-9-10-27-23/h11-16,21,23H,9-10H2,1-8H3. The molecule has 0 bridgehead atoms. The maximum absolute atomic E-state index is 13.9. The highest BCUT2D eigenvalue weighted by Gasteiger charge is 2.39. The number of rotatable bonds is 8. The van der Waals surface area contributed by atoms with Gasteiger partial charge in [-0.15, -0.1) is 0 Å². The molecule has 0 N–H and O–H groups in total. The van der Waals surface area contributed by atoms with Crippen molar-refractivity contribution in [3.63, 3.8) is 0 Å². The van der Waals surface area contributed by atoms with E-state index in [0.29, 0.717) is 19.1 Å². The molecular weight excluding hydrogens is 372 g/mol. The van der Waals surface area contributed by atoms with Crippen LogP contribution >= 0.6 is 0 Å². The summed E-state index contributed by atoms with van der Waals surface area (Å²) in [5, 5.41) is -0.650. The number of carbonyl (C=O) groups excluding carboxylic acids is 1. The van der Waals surface area contributed by atoms with E-state index in [0.717, 1.165) is 16.0 Å². The van der Waals surface area contributed by atoms with Gasteiger partial charge in [-0.25, -0.2) is 0 Å². The lowest BCUT2D eigenvalue weighted by atomic mass is 9.89. The lowest BCUT2D eigenvalue weighted by Gasteiger charge is -2.29. The summed E-state index contributed by atoms with van der Waals surface area (Å²) < 4.78 is 25.2. The highest BCUT2D eigenvalue weighted by atomic mass is 32.2. The topological polar surface area (TPSA) is 52.6 Å². The average molecular weight is 409 g/mol. The summed E-state index contributed by atoms with van der Waals surface area (Å²) in [6.07, 6.45) is -0.474. The van der Waals surface area contributed by atoms with E-state index >= 15 is 0 Å². The maximum Gasteiger partial charge on any atom is 0.161 e. The molecule has 1 aliphatic heterocycles. The van der Waals surface area contributed by atoms with Crippen molar-refractivity contribution < 1.29 is 18.5 Å². The van der Waals surface area contributed by atoms with E-state index in [1.807, 2.05) is 6.92 Å². The first kappa shape index (κ1) is 23.2. The fourth-order valence-electron chi connectivity index (χ4n) is 3.79. The summed E-state index contributed by atoms with van der Waals surface area (Å²) in [7, 11) is -1.47. The third-order valence-electron chi connectivity index (χ3n) is 5.47. The molecule has 0 spiro atoms. The van der Waals surface area contributed by atoms with Crippen molar-refractivity contribution >= 4 is 16.6 Å². The molecule has 1 heterocycles. The molecule has 5 heteroatoms. The number of ether oxygens (including phenoxy) is 2. The molecular formula is C23H36O4S. The molecule has 1 aliphatic rings. The van der Waals surface area contributed by atoms with Crippen LogP contribution in [0.25, 0.3) is 0 Å². The first-order valence-electron chi connectivity index (χ1n) is 10.4. The number of hydrogen-bond donors (Lipinski definition) is 0. The van der Waals surface area contributed by atoms with Gasteiger partial charge in [0, 0.05) is 10.8 Å². The van der Waals surface area contributed by atoms with Crippen LogP contribution in [0.1, 0.15) is 89.8 Å². The molecule has 0 radical (unpaired) electrons. The van der Waals surface area contributed by atoms with Gasteiger partial charge in [0.25, 0.3) is 0 Å². The molecule has 2 rings (SSSR count). The largest absolute Gasteiger partial charge is 0.350 e. The molecule has 1 aromatic rings. The Morgan fingerprint density at radius 2 is 1.39 bits per heavy atom. The van der Waals surface area contributed by atoms with E-state index in [4.69, 9.17) is 9.47 Å². The van der Waals surface area contributed by atoms with Crippen molar-refractivity contribution in [2.24, 2.45) is 5.92 Å². The number of hydrogen-bond acceptors (Lipinski definition) is 4. The van der Waals surface area contributed by atoms with Crippen molar-refractivity contribution in [1.29, 1.82) is 0 Å². The van der Waals surface area contributed by atoms with Gasteiger partial charge in [-0.1, -0.05) is 60.6 Å². The van der Waals surface area contributed by atoms with E-state index < -0.39 is 22.3 Å². The van der Waals surface area contributed by atoms with Crippen LogP contribution in [0.2, 0.25) is 0 Å². The summed E-state index contributed by atoms with van der Waals surface area (Å²) in [6.45, 7) is 17.3. The monoisotopic (exact) mass is 408 g/mol. The molecule has 0 aromatic heterocycles. The summed E-state index contributed by atoms with van der Waals surface area (Å²) in [5.74, 6) is 0.474.